The predicted molar refractivity (Wildman–Crippen MR) is 90.7 cm³/mol. The van der Waals surface area contributed by atoms with E-state index in [9.17, 15) is 9.59 Å². The van der Waals surface area contributed by atoms with Crippen LogP contribution < -0.4 is 10.6 Å². The molecule has 2 aliphatic rings. The van der Waals surface area contributed by atoms with Crippen LogP contribution in [0.15, 0.2) is 4.52 Å². The molecule has 1 aliphatic carbocycles. The van der Waals surface area contributed by atoms with Gasteiger partial charge in [-0.1, -0.05) is 19.0 Å². The molecule has 8 heteroatoms. The lowest BCUT2D eigenvalue weighted by Crippen LogP contribution is -2.47. The van der Waals surface area contributed by atoms with Crippen molar-refractivity contribution in [3.05, 3.63) is 11.7 Å². The fourth-order valence-corrected chi connectivity index (χ4v) is 2.98. The van der Waals surface area contributed by atoms with Crippen LogP contribution in [-0.2, 0) is 11.3 Å². The molecule has 2 N–H and O–H groups in total. The zero-order valence-corrected chi connectivity index (χ0v) is 15.0. The van der Waals surface area contributed by atoms with E-state index in [1.54, 1.807) is 4.90 Å². The van der Waals surface area contributed by atoms with Gasteiger partial charge in [0.25, 0.3) is 0 Å². The van der Waals surface area contributed by atoms with E-state index in [2.05, 4.69) is 20.8 Å². The molecule has 138 valence electrons. The first kappa shape index (κ1) is 17.7. The lowest BCUT2D eigenvalue weighted by atomic mass is 9.98. The van der Waals surface area contributed by atoms with Gasteiger partial charge in [0.2, 0.25) is 11.8 Å². The van der Waals surface area contributed by atoms with Crippen LogP contribution in [0, 0.1) is 11.8 Å². The quantitative estimate of drug-likeness (QED) is 0.813. The highest BCUT2D eigenvalue weighted by atomic mass is 16.5. The Kier molecular flexibility index (Phi) is 5.55. The summed E-state index contributed by atoms with van der Waals surface area (Å²) >= 11 is 0. The molecule has 1 aliphatic heterocycles. The third-order valence-corrected chi connectivity index (χ3v) is 4.71. The highest BCUT2D eigenvalue weighted by Crippen LogP contribution is 2.38. The molecule has 3 rings (SSSR count). The van der Waals surface area contributed by atoms with Gasteiger partial charge >= 0.3 is 6.03 Å². The minimum atomic E-state index is -0.119. The van der Waals surface area contributed by atoms with Crippen molar-refractivity contribution in [2.75, 3.05) is 19.6 Å². The molecule has 1 saturated carbocycles. The average Bonchev–Trinajstić information content (AvgIpc) is 3.36. The molecule has 0 radical (unpaired) electrons. The molecular formula is C17H27N5O3. The SMILES string of the molecule is CC(C)C(=O)NCC1CCCN(C(=O)NCc2nc(C3CC3)no2)C1. The normalized spacial score (nSPS) is 20.6. The van der Waals surface area contributed by atoms with Crippen LogP contribution in [0.2, 0.25) is 0 Å². The first-order valence-corrected chi connectivity index (χ1v) is 9.16. The second kappa shape index (κ2) is 7.84. The number of aromatic nitrogens is 2. The van der Waals surface area contributed by atoms with Crippen molar-refractivity contribution < 1.29 is 14.1 Å². The number of carbonyl (C=O) groups is 2. The van der Waals surface area contributed by atoms with Crippen molar-refractivity contribution in [1.29, 1.82) is 0 Å². The highest BCUT2D eigenvalue weighted by Gasteiger charge is 2.29. The zero-order valence-electron chi connectivity index (χ0n) is 15.0. The number of hydrogen-bond donors (Lipinski definition) is 2. The number of carbonyl (C=O) groups excluding carboxylic acids is 2. The third-order valence-electron chi connectivity index (χ3n) is 4.71. The predicted octanol–water partition coefficient (Wildman–Crippen LogP) is 1.64. The van der Waals surface area contributed by atoms with E-state index in [1.807, 2.05) is 13.8 Å². The zero-order chi connectivity index (χ0) is 17.8. The van der Waals surface area contributed by atoms with Crippen molar-refractivity contribution in [2.24, 2.45) is 11.8 Å². The van der Waals surface area contributed by atoms with Gasteiger partial charge in [-0.05, 0) is 31.6 Å². The van der Waals surface area contributed by atoms with Crippen LogP contribution in [0.5, 0.6) is 0 Å². The standard InChI is InChI=1S/C17H27N5O3/c1-11(2)16(23)18-8-12-4-3-7-22(10-12)17(24)19-9-14-20-15(21-25-14)13-5-6-13/h11-13H,3-10H2,1-2H3,(H,18,23)(H,19,24). The largest absolute Gasteiger partial charge is 0.356 e. The Balaban J connectivity index is 1.42. The van der Waals surface area contributed by atoms with Crippen LogP contribution in [0.25, 0.3) is 0 Å². The van der Waals surface area contributed by atoms with Crippen LogP contribution in [0.4, 0.5) is 4.79 Å². The maximum Gasteiger partial charge on any atom is 0.317 e. The molecule has 0 spiro atoms. The summed E-state index contributed by atoms with van der Waals surface area (Å²) in [6, 6.07) is -0.119. The smallest absolute Gasteiger partial charge is 0.317 e. The highest BCUT2D eigenvalue weighted by molar-refractivity contribution is 5.77. The van der Waals surface area contributed by atoms with Crippen molar-refractivity contribution >= 4 is 11.9 Å². The Morgan fingerprint density at radius 1 is 1.28 bits per heavy atom. The summed E-state index contributed by atoms with van der Waals surface area (Å²) in [5.74, 6) is 1.99. The van der Waals surface area contributed by atoms with E-state index in [0.717, 1.165) is 38.1 Å². The topological polar surface area (TPSA) is 100 Å². The number of hydrogen-bond acceptors (Lipinski definition) is 5. The lowest BCUT2D eigenvalue weighted by Gasteiger charge is -2.32. The van der Waals surface area contributed by atoms with Crippen LogP contribution in [-0.4, -0.2) is 46.6 Å². The van der Waals surface area contributed by atoms with Gasteiger partial charge in [0.15, 0.2) is 5.82 Å². The van der Waals surface area contributed by atoms with E-state index in [1.165, 1.54) is 0 Å². The molecule has 1 aromatic heterocycles. The van der Waals surface area contributed by atoms with E-state index in [-0.39, 0.29) is 24.4 Å². The Morgan fingerprint density at radius 3 is 2.80 bits per heavy atom. The second-order valence-electron chi connectivity index (χ2n) is 7.33. The molecule has 1 saturated heterocycles. The summed E-state index contributed by atoms with van der Waals surface area (Å²) in [4.78, 5) is 30.2. The summed E-state index contributed by atoms with van der Waals surface area (Å²) in [5, 5.41) is 9.75. The summed E-state index contributed by atoms with van der Waals surface area (Å²) in [5.41, 5.74) is 0. The van der Waals surface area contributed by atoms with Gasteiger partial charge in [-0.2, -0.15) is 4.98 Å². The molecule has 1 aromatic rings. The van der Waals surface area contributed by atoms with Crippen LogP contribution >= 0.6 is 0 Å². The Bertz CT molecular complexity index is 611. The molecule has 3 amide bonds. The van der Waals surface area contributed by atoms with Gasteiger partial charge in [-0.15, -0.1) is 0 Å². The molecule has 2 heterocycles. The number of nitrogens with zero attached hydrogens (tertiary/aromatic N) is 3. The van der Waals surface area contributed by atoms with Crippen molar-refractivity contribution in [2.45, 2.75) is 52.0 Å². The third kappa shape index (κ3) is 4.93. The number of urea groups is 1. The van der Waals surface area contributed by atoms with E-state index >= 15 is 0 Å². The Hall–Kier alpha value is -2.12. The number of piperidine rings is 1. The summed E-state index contributed by atoms with van der Waals surface area (Å²) in [7, 11) is 0. The maximum atomic E-state index is 12.4. The number of nitrogens with one attached hydrogen (secondary N) is 2. The first-order chi connectivity index (χ1) is 12.0. The fraction of sp³-hybridized carbons (Fsp3) is 0.765. The van der Waals surface area contributed by atoms with E-state index in [0.29, 0.717) is 30.8 Å². The van der Waals surface area contributed by atoms with Crippen molar-refractivity contribution in [1.82, 2.24) is 25.7 Å². The summed E-state index contributed by atoms with van der Waals surface area (Å²) < 4.78 is 5.17. The van der Waals surface area contributed by atoms with E-state index < -0.39 is 0 Å². The summed E-state index contributed by atoms with van der Waals surface area (Å²) in [6.07, 6.45) is 4.21. The molecular weight excluding hydrogens is 322 g/mol. The van der Waals surface area contributed by atoms with Crippen LogP contribution in [0.3, 0.4) is 0 Å². The molecule has 25 heavy (non-hydrogen) atoms. The van der Waals surface area contributed by atoms with E-state index in [4.69, 9.17) is 4.52 Å². The molecule has 0 bridgehead atoms. The number of amides is 3. The first-order valence-electron chi connectivity index (χ1n) is 9.16. The molecule has 8 nitrogen and oxygen atoms in total. The minimum absolute atomic E-state index is 0.0158. The van der Waals surface area contributed by atoms with Crippen LogP contribution in [0.1, 0.15) is 57.2 Å². The summed E-state index contributed by atoms with van der Waals surface area (Å²) in [6.45, 7) is 6.02. The monoisotopic (exact) mass is 349 g/mol. The fourth-order valence-electron chi connectivity index (χ4n) is 2.98. The number of likely N-dealkylation sites (tertiary alicyclic amines) is 1. The Morgan fingerprint density at radius 2 is 2.08 bits per heavy atom. The van der Waals surface area contributed by atoms with Gasteiger partial charge in [0, 0.05) is 31.5 Å². The van der Waals surface area contributed by atoms with Gasteiger partial charge < -0.3 is 20.1 Å². The van der Waals surface area contributed by atoms with Gasteiger partial charge in [-0.3, -0.25) is 4.79 Å². The molecule has 0 aromatic carbocycles. The van der Waals surface area contributed by atoms with Gasteiger partial charge in [0.05, 0.1) is 6.54 Å². The maximum absolute atomic E-state index is 12.4. The molecule has 1 unspecified atom stereocenters. The minimum Gasteiger partial charge on any atom is -0.356 e. The van der Waals surface area contributed by atoms with Gasteiger partial charge in [-0.25, -0.2) is 4.79 Å². The second-order valence-corrected chi connectivity index (χ2v) is 7.33. The van der Waals surface area contributed by atoms with Crippen molar-refractivity contribution in [3.63, 3.8) is 0 Å². The average molecular weight is 349 g/mol. The van der Waals surface area contributed by atoms with Crippen molar-refractivity contribution in [3.8, 4) is 0 Å². The lowest BCUT2D eigenvalue weighted by molar-refractivity contribution is -0.124. The van der Waals surface area contributed by atoms with Gasteiger partial charge in [0.1, 0.15) is 0 Å². The number of rotatable bonds is 6. The molecule has 2 fully saturated rings. The Labute approximate surface area is 147 Å². The molecule has 1 atom stereocenters.